The Balaban J connectivity index is 1.67. The lowest BCUT2D eigenvalue weighted by Crippen LogP contribution is -1.97. The fourth-order valence-corrected chi connectivity index (χ4v) is 4.66. The Labute approximate surface area is 178 Å². The summed E-state index contributed by atoms with van der Waals surface area (Å²) >= 11 is 0. The molecule has 0 amide bonds. The molecule has 0 bridgehead atoms. The summed E-state index contributed by atoms with van der Waals surface area (Å²) in [5, 5.41) is 22.9. The number of aryl methyl sites for hydroxylation is 1. The van der Waals surface area contributed by atoms with Crippen LogP contribution in [0.5, 0.6) is 0 Å². The van der Waals surface area contributed by atoms with Crippen molar-refractivity contribution in [2.24, 2.45) is 0 Å². The van der Waals surface area contributed by atoms with E-state index >= 15 is 0 Å². The molecule has 0 saturated carbocycles. The van der Waals surface area contributed by atoms with Crippen molar-refractivity contribution in [2.45, 2.75) is 6.92 Å². The standard InChI is InChI=1S/C27H14N4/c1-15-25(21-9-3-6-18-16(13-28)5-2-8-20(18)21)31-27-23-12-11-17(14-29)19-7-4-10-22(24(19)23)26(27)30-15/h2-12H,1H3. The molecule has 0 saturated heterocycles. The summed E-state index contributed by atoms with van der Waals surface area (Å²) in [5.41, 5.74) is 7.63. The van der Waals surface area contributed by atoms with Crippen molar-refractivity contribution in [1.29, 1.82) is 10.5 Å². The van der Waals surface area contributed by atoms with E-state index < -0.39 is 0 Å². The molecule has 4 nitrogen and oxygen atoms in total. The minimum absolute atomic E-state index is 0.646. The quantitative estimate of drug-likeness (QED) is 0.335. The van der Waals surface area contributed by atoms with Gasteiger partial charge in [-0.15, -0.1) is 0 Å². The van der Waals surface area contributed by atoms with Crippen LogP contribution in [0.3, 0.4) is 0 Å². The average molecular weight is 394 g/mol. The van der Waals surface area contributed by atoms with Crippen LogP contribution < -0.4 is 0 Å². The molecule has 31 heavy (non-hydrogen) atoms. The van der Waals surface area contributed by atoms with Crippen molar-refractivity contribution in [3.63, 3.8) is 0 Å². The van der Waals surface area contributed by atoms with Gasteiger partial charge in [-0.2, -0.15) is 10.5 Å². The van der Waals surface area contributed by atoms with Crippen molar-refractivity contribution in [1.82, 2.24) is 9.97 Å². The minimum Gasteiger partial charge on any atom is -0.249 e. The molecular formula is C27H14N4. The molecule has 4 aromatic carbocycles. The Morgan fingerprint density at radius 1 is 0.581 bits per heavy atom. The van der Waals surface area contributed by atoms with Crippen LogP contribution in [0.4, 0.5) is 0 Å². The fraction of sp³-hybridized carbons (Fsp3) is 0.0370. The van der Waals surface area contributed by atoms with Crippen molar-refractivity contribution >= 4 is 21.5 Å². The van der Waals surface area contributed by atoms with E-state index in [1.165, 1.54) is 0 Å². The van der Waals surface area contributed by atoms with E-state index in [1.807, 2.05) is 73.7 Å². The van der Waals surface area contributed by atoms with Crippen molar-refractivity contribution in [2.75, 3.05) is 0 Å². The molecule has 1 aliphatic carbocycles. The Kier molecular flexibility index (Phi) is 3.48. The Morgan fingerprint density at radius 3 is 2.00 bits per heavy atom. The molecule has 4 heteroatoms. The third-order valence-corrected chi connectivity index (χ3v) is 6.04. The maximum atomic E-state index is 9.53. The van der Waals surface area contributed by atoms with Gasteiger partial charge in [-0.3, -0.25) is 0 Å². The second-order valence-electron chi connectivity index (χ2n) is 7.67. The first kappa shape index (κ1) is 17.3. The minimum atomic E-state index is 0.646. The highest BCUT2D eigenvalue weighted by molar-refractivity contribution is 6.15. The van der Waals surface area contributed by atoms with E-state index in [9.17, 15) is 10.5 Å². The fourth-order valence-electron chi connectivity index (χ4n) is 4.66. The first-order chi connectivity index (χ1) is 15.2. The average Bonchev–Trinajstić information content (AvgIpc) is 3.12. The number of nitriles is 2. The monoisotopic (exact) mass is 394 g/mol. The summed E-state index contributed by atoms with van der Waals surface area (Å²) in [6.07, 6.45) is 0. The molecule has 1 heterocycles. The molecule has 1 aromatic heterocycles. The van der Waals surface area contributed by atoms with Crippen LogP contribution in [0.1, 0.15) is 16.8 Å². The molecule has 0 unspecified atom stereocenters. The van der Waals surface area contributed by atoms with E-state index in [2.05, 4.69) is 12.1 Å². The third kappa shape index (κ3) is 2.28. The first-order valence-corrected chi connectivity index (χ1v) is 9.98. The van der Waals surface area contributed by atoms with Gasteiger partial charge >= 0.3 is 0 Å². The molecule has 6 rings (SSSR count). The maximum absolute atomic E-state index is 9.53. The lowest BCUT2D eigenvalue weighted by molar-refractivity contribution is 1.15. The third-order valence-electron chi connectivity index (χ3n) is 6.04. The van der Waals surface area contributed by atoms with Crippen LogP contribution in [0.25, 0.3) is 55.3 Å². The van der Waals surface area contributed by atoms with Crippen LogP contribution in [0.15, 0.2) is 66.7 Å². The smallest absolute Gasteiger partial charge is 0.0998 e. The summed E-state index contributed by atoms with van der Waals surface area (Å²) < 4.78 is 0. The number of benzene rings is 4. The summed E-state index contributed by atoms with van der Waals surface area (Å²) in [5.74, 6) is 0. The van der Waals surface area contributed by atoms with Gasteiger partial charge in [0.2, 0.25) is 0 Å². The Bertz CT molecular complexity index is 1670. The van der Waals surface area contributed by atoms with Gasteiger partial charge < -0.3 is 0 Å². The lowest BCUT2D eigenvalue weighted by Gasteiger charge is -2.12. The van der Waals surface area contributed by atoms with E-state index in [-0.39, 0.29) is 0 Å². The topological polar surface area (TPSA) is 73.4 Å². The van der Waals surface area contributed by atoms with E-state index in [0.717, 1.165) is 61.0 Å². The second-order valence-corrected chi connectivity index (χ2v) is 7.67. The van der Waals surface area contributed by atoms with Crippen LogP contribution in [-0.4, -0.2) is 9.97 Å². The SMILES string of the molecule is Cc1nc2c(nc1-c1cccc3c(C#N)cccc13)-c1ccc(C#N)c3cccc-2c13. The summed E-state index contributed by atoms with van der Waals surface area (Å²) in [4.78, 5) is 10.1. The van der Waals surface area contributed by atoms with Gasteiger partial charge in [0.1, 0.15) is 0 Å². The van der Waals surface area contributed by atoms with E-state index in [0.29, 0.717) is 11.1 Å². The number of aromatic nitrogens is 2. The van der Waals surface area contributed by atoms with E-state index in [4.69, 9.17) is 9.97 Å². The Hall–Kier alpha value is -4.54. The summed E-state index contributed by atoms with van der Waals surface area (Å²) in [6.45, 7) is 1.97. The highest BCUT2D eigenvalue weighted by Gasteiger charge is 2.27. The molecule has 5 aromatic rings. The maximum Gasteiger partial charge on any atom is 0.0998 e. The van der Waals surface area contributed by atoms with Gasteiger partial charge in [-0.25, -0.2) is 9.97 Å². The molecule has 142 valence electrons. The summed E-state index contributed by atoms with van der Waals surface area (Å²) in [7, 11) is 0. The highest BCUT2D eigenvalue weighted by atomic mass is 14.9. The molecule has 0 radical (unpaired) electrons. The molecule has 0 fully saturated rings. The Morgan fingerprint density at radius 2 is 1.19 bits per heavy atom. The van der Waals surface area contributed by atoms with Gasteiger partial charge in [0, 0.05) is 32.8 Å². The molecule has 1 aliphatic rings. The molecular weight excluding hydrogens is 380 g/mol. The predicted molar refractivity (Wildman–Crippen MR) is 121 cm³/mol. The van der Waals surface area contributed by atoms with Crippen molar-refractivity contribution < 1.29 is 0 Å². The number of hydrogen-bond donors (Lipinski definition) is 0. The number of rotatable bonds is 1. The van der Waals surface area contributed by atoms with Crippen molar-refractivity contribution in [3.05, 3.63) is 83.6 Å². The summed E-state index contributed by atoms with van der Waals surface area (Å²) in [6, 6.07) is 26.1. The van der Waals surface area contributed by atoms with Crippen LogP contribution >= 0.6 is 0 Å². The molecule has 0 N–H and O–H groups in total. The number of nitrogens with zero attached hydrogens (tertiary/aromatic N) is 4. The number of fused-ring (bicyclic) bond motifs is 4. The van der Waals surface area contributed by atoms with E-state index in [1.54, 1.807) is 0 Å². The lowest BCUT2D eigenvalue weighted by atomic mass is 9.97. The van der Waals surface area contributed by atoms with Gasteiger partial charge in [0.05, 0.1) is 46.0 Å². The zero-order valence-corrected chi connectivity index (χ0v) is 16.6. The zero-order chi connectivity index (χ0) is 21.1. The first-order valence-electron chi connectivity index (χ1n) is 9.98. The normalized spacial score (nSPS) is 11.3. The predicted octanol–water partition coefficient (Wildman–Crippen LogP) is 6.15. The van der Waals surface area contributed by atoms with Gasteiger partial charge in [-0.1, -0.05) is 54.6 Å². The van der Waals surface area contributed by atoms with Crippen LogP contribution in [0.2, 0.25) is 0 Å². The molecule has 0 aliphatic heterocycles. The van der Waals surface area contributed by atoms with Gasteiger partial charge in [0.25, 0.3) is 0 Å². The van der Waals surface area contributed by atoms with Gasteiger partial charge in [-0.05, 0) is 24.4 Å². The highest BCUT2D eigenvalue weighted by Crippen LogP contribution is 2.47. The van der Waals surface area contributed by atoms with Crippen LogP contribution in [0, 0.1) is 29.6 Å². The van der Waals surface area contributed by atoms with Gasteiger partial charge in [0.15, 0.2) is 0 Å². The van der Waals surface area contributed by atoms with Crippen LogP contribution in [-0.2, 0) is 0 Å². The second kappa shape index (κ2) is 6.23. The molecule has 0 spiro atoms. The molecule has 0 atom stereocenters. The van der Waals surface area contributed by atoms with Crippen molar-refractivity contribution in [3.8, 4) is 45.9 Å². The largest absolute Gasteiger partial charge is 0.249 e. The zero-order valence-electron chi connectivity index (χ0n) is 16.6. The number of hydrogen-bond acceptors (Lipinski definition) is 4.